The molecule has 0 aliphatic heterocycles. The molecule has 0 fully saturated rings. The van der Waals surface area contributed by atoms with Crippen LogP contribution in [0.4, 0.5) is 0 Å². The molecule has 0 saturated heterocycles. The second kappa shape index (κ2) is 6.89. The smallest absolute Gasteiger partial charge is 0.0546 e. The summed E-state index contributed by atoms with van der Waals surface area (Å²) in [6.45, 7) is 2.76. The van der Waals surface area contributed by atoms with E-state index in [-0.39, 0.29) is 6.10 Å². The van der Waals surface area contributed by atoms with Crippen molar-refractivity contribution in [3.63, 3.8) is 0 Å². The Balaban J connectivity index is 2.52. The Morgan fingerprint density at radius 1 is 1.31 bits per heavy atom. The highest BCUT2D eigenvalue weighted by Gasteiger charge is 2.12. The standard InChI is InChI=1S/C13H20ClNO/c1-10(16-2)7-12(9-15)8-11-3-5-13(14)6-4-11/h3-6,10,12H,7-9,15H2,1-2H3. The summed E-state index contributed by atoms with van der Waals surface area (Å²) >= 11 is 5.84. The SMILES string of the molecule is COC(C)CC(CN)Cc1ccc(Cl)cc1. The lowest BCUT2D eigenvalue weighted by Gasteiger charge is -2.18. The first-order valence-electron chi connectivity index (χ1n) is 5.63. The van der Waals surface area contributed by atoms with E-state index in [1.54, 1.807) is 7.11 Å². The largest absolute Gasteiger partial charge is 0.382 e. The Morgan fingerprint density at radius 2 is 1.94 bits per heavy atom. The molecular weight excluding hydrogens is 222 g/mol. The number of methoxy groups -OCH3 is 1. The van der Waals surface area contributed by atoms with E-state index < -0.39 is 0 Å². The first kappa shape index (κ1) is 13.5. The van der Waals surface area contributed by atoms with Crippen molar-refractivity contribution in [2.24, 2.45) is 11.7 Å². The summed E-state index contributed by atoms with van der Waals surface area (Å²) in [6.07, 6.45) is 2.25. The zero-order chi connectivity index (χ0) is 12.0. The fraction of sp³-hybridized carbons (Fsp3) is 0.538. The van der Waals surface area contributed by atoms with Crippen molar-refractivity contribution in [2.45, 2.75) is 25.9 Å². The van der Waals surface area contributed by atoms with Crippen LogP contribution in [0.25, 0.3) is 0 Å². The van der Waals surface area contributed by atoms with Crippen molar-refractivity contribution in [1.29, 1.82) is 0 Å². The third-order valence-corrected chi connectivity index (χ3v) is 3.09. The van der Waals surface area contributed by atoms with Gasteiger partial charge in [0, 0.05) is 12.1 Å². The molecule has 3 heteroatoms. The van der Waals surface area contributed by atoms with Crippen LogP contribution in [-0.4, -0.2) is 19.8 Å². The summed E-state index contributed by atoms with van der Waals surface area (Å²) < 4.78 is 5.26. The minimum absolute atomic E-state index is 0.265. The Labute approximate surface area is 103 Å². The summed E-state index contributed by atoms with van der Waals surface area (Å²) in [5.74, 6) is 0.469. The number of halogens is 1. The van der Waals surface area contributed by atoms with E-state index in [4.69, 9.17) is 22.1 Å². The van der Waals surface area contributed by atoms with Crippen LogP contribution in [0.1, 0.15) is 18.9 Å². The lowest BCUT2D eigenvalue weighted by Crippen LogP contribution is -2.22. The quantitative estimate of drug-likeness (QED) is 0.831. The van der Waals surface area contributed by atoms with E-state index in [1.807, 2.05) is 12.1 Å². The molecule has 1 aromatic carbocycles. The van der Waals surface area contributed by atoms with Crippen LogP contribution >= 0.6 is 11.6 Å². The second-order valence-corrected chi connectivity index (χ2v) is 4.65. The first-order chi connectivity index (χ1) is 7.65. The van der Waals surface area contributed by atoms with Crippen molar-refractivity contribution in [3.8, 4) is 0 Å². The number of nitrogens with two attached hydrogens (primary N) is 1. The molecule has 0 radical (unpaired) electrons. The molecule has 1 aromatic rings. The summed E-state index contributed by atoms with van der Waals surface area (Å²) in [6, 6.07) is 7.96. The molecule has 2 unspecified atom stereocenters. The van der Waals surface area contributed by atoms with Gasteiger partial charge in [-0.2, -0.15) is 0 Å². The predicted molar refractivity (Wildman–Crippen MR) is 68.8 cm³/mol. The zero-order valence-corrected chi connectivity index (χ0v) is 10.7. The van der Waals surface area contributed by atoms with Gasteiger partial charge in [-0.05, 0) is 49.9 Å². The molecule has 0 amide bonds. The normalized spacial score (nSPS) is 14.8. The van der Waals surface area contributed by atoms with Crippen LogP contribution in [0.5, 0.6) is 0 Å². The van der Waals surface area contributed by atoms with Gasteiger partial charge in [0.2, 0.25) is 0 Å². The zero-order valence-electron chi connectivity index (χ0n) is 9.95. The minimum atomic E-state index is 0.265. The highest BCUT2D eigenvalue weighted by atomic mass is 35.5. The Bertz CT molecular complexity index is 299. The molecule has 0 aliphatic carbocycles. The third kappa shape index (κ3) is 4.52. The van der Waals surface area contributed by atoms with E-state index in [0.29, 0.717) is 12.5 Å². The van der Waals surface area contributed by atoms with E-state index in [1.165, 1.54) is 5.56 Å². The van der Waals surface area contributed by atoms with Crippen LogP contribution in [0.15, 0.2) is 24.3 Å². The lowest BCUT2D eigenvalue weighted by molar-refractivity contribution is 0.0959. The van der Waals surface area contributed by atoms with Gasteiger partial charge in [-0.25, -0.2) is 0 Å². The minimum Gasteiger partial charge on any atom is -0.382 e. The van der Waals surface area contributed by atoms with Gasteiger partial charge in [-0.15, -0.1) is 0 Å². The summed E-state index contributed by atoms with van der Waals surface area (Å²) in [5.41, 5.74) is 7.05. The maximum atomic E-state index is 5.84. The van der Waals surface area contributed by atoms with Gasteiger partial charge in [-0.3, -0.25) is 0 Å². The third-order valence-electron chi connectivity index (χ3n) is 2.84. The van der Waals surface area contributed by atoms with Crippen molar-refractivity contribution in [3.05, 3.63) is 34.9 Å². The molecule has 0 aromatic heterocycles. The fourth-order valence-electron chi connectivity index (χ4n) is 1.78. The van der Waals surface area contributed by atoms with Gasteiger partial charge >= 0.3 is 0 Å². The molecule has 2 N–H and O–H groups in total. The number of hydrogen-bond acceptors (Lipinski definition) is 2. The average molecular weight is 242 g/mol. The van der Waals surface area contributed by atoms with Crippen molar-refractivity contribution in [2.75, 3.05) is 13.7 Å². The van der Waals surface area contributed by atoms with Crippen molar-refractivity contribution in [1.82, 2.24) is 0 Å². The number of hydrogen-bond donors (Lipinski definition) is 1. The Morgan fingerprint density at radius 3 is 2.44 bits per heavy atom. The fourth-order valence-corrected chi connectivity index (χ4v) is 1.91. The van der Waals surface area contributed by atoms with E-state index in [9.17, 15) is 0 Å². The van der Waals surface area contributed by atoms with Crippen LogP contribution < -0.4 is 5.73 Å². The molecule has 1 rings (SSSR count). The predicted octanol–water partition coefficient (Wildman–Crippen LogP) is 2.88. The summed E-state index contributed by atoms with van der Waals surface area (Å²) in [5, 5.41) is 0.776. The van der Waals surface area contributed by atoms with Crippen LogP contribution in [0, 0.1) is 5.92 Å². The van der Waals surface area contributed by atoms with E-state index in [0.717, 1.165) is 17.9 Å². The average Bonchev–Trinajstić information content (AvgIpc) is 2.30. The maximum absolute atomic E-state index is 5.84. The van der Waals surface area contributed by atoms with Crippen LogP contribution in [0.2, 0.25) is 5.02 Å². The second-order valence-electron chi connectivity index (χ2n) is 4.21. The van der Waals surface area contributed by atoms with Gasteiger partial charge in [-0.1, -0.05) is 23.7 Å². The number of benzene rings is 1. The van der Waals surface area contributed by atoms with Crippen LogP contribution in [-0.2, 0) is 11.2 Å². The number of ether oxygens (including phenoxy) is 1. The van der Waals surface area contributed by atoms with Gasteiger partial charge in [0.05, 0.1) is 6.10 Å². The summed E-state index contributed by atoms with van der Waals surface area (Å²) in [7, 11) is 1.74. The molecule has 90 valence electrons. The highest BCUT2D eigenvalue weighted by molar-refractivity contribution is 6.30. The highest BCUT2D eigenvalue weighted by Crippen LogP contribution is 2.16. The first-order valence-corrected chi connectivity index (χ1v) is 6.00. The lowest BCUT2D eigenvalue weighted by atomic mass is 9.94. The Kier molecular flexibility index (Phi) is 5.81. The van der Waals surface area contributed by atoms with Gasteiger partial charge < -0.3 is 10.5 Å². The van der Waals surface area contributed by atoms with Gasteiger partial charge in [0.15, 0.2) is 0 Å². The van der Waals surface area contributed by atoms with Crippen LogP contribution in [0.3, 0.4) is 0 Å². The molecule has 0 aliphatic rings. The van der Waals surface area contributed by atoms with E-state index in [2.05, 4.69) is 19.1 Å². The molecule has 0 bridgehead atoms. The molecule has 0 spiro atoms. The monoisotopic (exact) mass is 241 g/mol. The molecule has 16 heavy (non-hydrogen) atoms. The molecular formula is C13H20ClNO. The van der Waals surface area contributed by atoms with Crippen molar-refractivity contribution >= 4 is 11.6 Å². The van der Waals surface area contributed by atoms with Gasteiger partial charge in [0.1, 0.15) is 0 Å². The van der Waals surface area contributed by atoms with Crippen molar-refractivity contribution < 1.29 is 4.74 Å². The summed E-state index contributed by atoms with van der Waals surface area (Å²) in [4.78, 5) is 0. The molecule has 0 heterocycles. The van der Waals surface area contributed by atoms with E-state index >= 15 is 0 Å². The molecule has 0 saturated carbocycles. The molecule has 2 nitrogen and oxygen atoms in total. The topological polar surface area (TPSA) is 35.2 Å². The molecule has 2 atom stereocenters. The van der Waals surface area contributed by atoms with Gasteiger partial charge in [0.25, 0.3) is 0 Å². The maximum Gasteiger partial charge on any atom is 0.0546 e. The Hall–Kier alpha value is -0.570. The number of rotatable bonds is 6.